The molecule has 4 aliphatic rings. The van der Waals surface area contributed by atoms with Gasteiger partial charge in [-0.2, -0.15) is 0 Å². The largest absolute Gasteiger partial charge is 0.426 e. The molecule has 3 fully saturated rings. The van der Waals surface area contributed by atoms with Gasteiger partial charge in [0.1, 0.15) is 23.6 Å². The molecule has 0 unspecified atom stereocenters. The molecule has 4 heterocycles. The van der Waals surface area contributed by atoms with Gasteiger partial charge in [0.25, 0.3) is 0 Å². The minimum atomic E-state index is -0.837. The third-order valence-corrected chi connectivity index (χ3v) is 6.35. The number of allylic oxidation sites excluding steroid dienone is 1. The predicted molar refractivity (Wildman–Crippen MR) is 89.0 cm³/mol. The van der Waals surface area contributed by atoms with Gasteiger partial charge in [-0.05, 0) is 25.5 Å². The highest BCUT2D eigenvalue weighted by atomic mass is 16.8. The Balaban J connectivity index is 1.67. The first kappa shape index (κ1) is 15.6. The highest BCUT2D eigenvalue weighted by Crippen LogP contribution is 2.64. The Morgan fingerprint density at radius 2 is 2.08 bits per heavy atom. The number of hydrogen-bond donors (Lipinski definition) is 0. The first-order valence-corrected chi connectivity index (χ1v) is 8.76. The normalized spacial score (nSPS) is 46.8. The zero-order valence-electron chi connectivity index (χ0n) is 14.7. The molecule has 0 aromatic heterocycles. The summed E-state index contributed by atoms with van der Waals surface area (Å²) in [5.41, 5.74) is 1.19. The maximum Gasteiger partial charge on any atom is 0.318 e. The zero-order valence-corrected chi connectivity index (χ0v) is 14.7. The average Bonchev–Trinajstić information content (AvgIpc) is 3.19. The van der Waals surface area contributed by atoms with Gasteiger partial charge < -0.3 is 18.9 Å². The maximum absolute atomic E-state index is 12.8. The highest BCUT2D eigenvalue weighted by Gasteiger charge is 2.75. The van der Waals surface area contributed by atoms with Crippen LogP contribution >= 0.6 is 0 Å². The lowest BCUT2D eigenvalue weighted by molar-refractivity contribution is -0.315. The Kier molecular flexibility index (Phi) is 2.82. The van der Waals surface area contributed by atoms with E-state index in [1.165, 1.54) is 0 Å². The second-order valence-electron chi connectivity index (χ2n) is 8.22. The summed E-state index contributed by atoms with van der Waals surface area (Å²) in [7, 11) is 0. The van der Waals surface area contributed by atoms with Crippen LogP contribution in [-0.2, 0) is 19.0 Å². The summed E-state index contributed by atoms with van der Waals surface area (Å²) < 4.78 is 24.2. The zero-order chi connectivity index (χ0) is 17.6. The van der Waals surface area contributed by atoms with Crippen LogP contribution < -0.4 is 4.74 Å². The molecule has 6 atom stereocenters. The van der Waals surface area contributed by atoms with Crippen molar-refractivity contribution in [2.45, 2.75) is 50.8 Å². The van der Waals surface area contributed by atoms with Crippen LogP contribution in [0.1, 0.15) is 37.5 Å². The molecule has 1 spiro atoms. The van der Waals surface area contributed by atoms with Gasteiger partial charge in [-0.25, -0.2) is 0 Å². The Hall–Kier alpha value is -1.69. The van der Waals surface area contributed by atoms with Crippen molar-refractivity contribution in [2.75, 3.05) is 6.61 Å². The van der Waals surface area contributed by atoms with Crippen LogP contribution in [0.25, 0.3) is 0 Å². The van der Waals surface area contributed by atoms with Crippen LogP contribution in [0.3, 0.4) is 0 Å². The Morgan fingerprint density at radius 1 is 1.28 bits per heavy atom. The first-order chi connectivity index (χ1) is 11.8. The molecule has 5 heteroatoms. The number of ether oxygens (including phenoxy) is 4. The second-order valence-corrected chi connectivity index (χ2v) is 8.22. The molecule has 25 heavy (non-hydrogen) atoms. The van der Waals surface area contributed by atoms with Crippen LogP contribution in [0.2, 0.25) is 0 Å². The van der Waals surface area contributed by atoms with Gasteiger partial charge in [-0.1, -0.05) is 25.1 Å². The summed E-state index contributed by atoms with van der Waals surface area (Å²) in [5, 5.41) is 0. The maximum atomic E-state index is 12.8. The Labute approximate surface area is 146 Å². The fourth-order valence-corrected chi connectivity index (χ4v) is 4.89. The summed E-state index contributed by atoms with van der Waals surface area (Å²) in [6.45, 7) is 10.6. The quantitative estimate of drug-likeness (QED) is 0.340. The third kappa shape index (κ3) is 1.86. The van der Waals surface area contributed by atoms with E-state index in [2.05, 4.69) is 6.58 Å². The van der Waals surface area contributed by atoms with Gasteiger partial charge in [0, 0.05) is 17.4 Å². The van der Waals surface area contributed by atoms with Gasteiger partial charge in [-0.3, -0.25) is 4.79 Å². The van der Waals surface area contributed by atoms with Gasteiger partial charge in [0.05, 0.1) is 12.5 Å². The van der Waals surface area contributed by atoms with Crippen LogP contribution in [0, 0.1) is 18.3 Å². The van der Waals surface area contributed by atoms with Crippen LogP contribution in [0.4, 0.5) is 0 Å². The van der Waals surface area contributed by atoms with Gasteiger partial charge in [0.2, 0.25) is 0 Å². The van der Waals surface area contributed by atoms with E-state index >= 15 is 0 Å². The molecule has 5 rings (SSSR count). The molecule has 1 aromatic rings. The van der Waals surface area contributed by atoms with E-state index in [-0.39, 0.29) is 17.7 Å². The molecule has 0 saturated carbocycles. The topological polar surface area (TPSA) is 57.3 Å². The van der Waals surface area contributed by atoms with E-state index < -0.39 is 23.2 Å². The van der Waals surface area contributed by atoms with E-state index in [1.54, 1.807) is 0 Å². The standard InChI is InChI=1S/C20H22O5/c1-5-18(3)9-20(17-19(4,25-17)10-22-20)24-15-13-11(2)7-6-8-12(13)23-16(21)14(15)18/h5-8,14-15,17H,1,9-10H2,2-4H3/t14-,15-,17+,18+,19+,20-/m1/s1. The SMILES string of the molecule is C=C[C@@]1(C)C[C@@]2(OC[C@]3(C)O[C@H]23)O[C@@H]2c3c(C)cccc3OC(=O)[C@@H]21. The van der Waals surface area contributed by atoms with Crippen LogP contribution in [-0.4, -0.2) is 30.1 Å². The van der Waals surface area contributed by atoms with Crippen molar-refractivity contribution in [3.63, 3.8) is 0 Å². The summed E-state index contributed by atoms with van der Waals surface area (Å²) >= 11 is 0. The number of benzene rings is 1. The molecule has 4 aliphatic heterocycles. The monoisotopic (exact) mass is 342 g/mol. The molecule has 0 aliphatic carbocycles. The fourth-order valence-electron chi connectivity index (χ4n) is 4.89. The first-order valence-electron chi connectivity index (χ1n) is 8.76. The summed E-state index contributed by atoms with van der Waals surface area (Å²) in [6, 6.07) is 5.72. The molecule has 132 valence electrons. The van der Waals surface area contributed by atoms with E-state index in [9.17, 15) is 4.79 Å². The average molecular weight is 342 g/mol. The van der Waals surface area contributed by atoms with Crippen molar-refractivity contribution in [1.82, 2.24) is 0 Å². The molecular formula is C20H22O5. The highest BCUT2D eigenvalue weighted by molar-refractivity contribution is 5.80. The van der Waals surface area contributed by atoms with E-state index in [0.29, 0.717) is 18.8 Å². The van der Waals surface area contributed by atoms with Crippen molar-refractivity contribution in [2.24, 2.45) is 11.3 Å². The molecule has 1 aromatic carbocycles. The molecule has 0 radical (unpaired) electrons. The van der Waals surface area contributed by atoms with Crippen molar-refractivity contribution >= 4 is 5.97 Å². The number of esters is 1. The van der Waals surface area contributed by atoms with Gasteiger partial charge in [0.15, 0.2) is 5.79 Å². The smallest absolute Gasteiger partial charge is 0.318 e. The molecule has 5 nitrogen and oxygen atoms in total. The number of hydrogen-bond acceptors (Lipinski definition) is 5. The fraction of sp³-hybridized carbons (Fsp3) is 0.550. The van der Waals surface area contributed by atoms with Crippen molar-refractivity contribution in [3.05, 3.63) is 42.0 Å². The third-order valence-electron chi connectivity index (χ3n) is 6.35. The van der Waals surface area contributed by atoms with Crippen molar-refractivity contribution in [1.29, 1.82) is 0 Å². The van der Waals surface area contributed by atoms with Gasteiger partial charge >= 0.3 is 5.97 Å². The van der Waals surface area contributed by atoms with Crippen molar-refractivity contribution in [3.8, 4) is 5.75 Å². The predicted octanol–water partition coefficient (Wildman–Crippen LogP) is 3.07. The molecular weight excluding hydrogens is 320 g/mol. The molecule has 0 N–H and O–H groups in total. The van der Waals surface area contributed by atoms with Crippen LogP contribution in [0.15, 0.2) is 30.9 Å². The Morgan fingerprint density at radius 3 is 2.72 bits per heavy atom. The number of fused-ring (bicyclic) bond motifs is 5. The number of carbonyl (C=O) groups is 1. The lowest BCUT2D eigenvalue weighted by Gasteiger charge is -2.52. The summed E-state index contributed by atoms with van der Waals surface area (Å²) in [5.74, 6) is -0.973. The summed E-state index contributed by atoms with van der Waals surface area (Å²) in [6.07, 6.45) is 1.84. The Bertz CT molecular complexity index is 803. The van der Waals surface area contributed by atoms with E-state index in [4.69, 9.17) is 18.9 Å². The van der Waals surface area contributed by atoms with Crippen LogP contribution in [0.5, 0.6) is 5.75 Å². The minimum Gasteiger partial charge on any atom is -0.426 e. The van der Waals surface area contributed by atoms with Crippen molar-refractivity contribution < 1.29 is 23.7 Å². The minimum absolute atomic E-state index is 0.106. The lowest BCUT2D eigenvalue weighted by Crippen LogP contribution is -2.56. The van der Waals surface area contributed by atoms with E-state index in [0.717, 1.165) is 11.1 Å². The molecule has 0 amide bonds. The van der Waals surface area contributed by atoms with E-state index in [1.807, 2.05) is 45.0 Å². The van der Waals surface area contributed by atoms with Gasteiger partial charge in [-0.15, -0.1) is 6.58 Å². The number of carbonyl (C=O) groups excluding carboxylic acids is 1. The number of aryl methyl sites for hydroxylation is 1. The lowest BCUT2D eigenvalue weighted by atomic mass is 9.65. The second kappa shape index (κ2) is 4.53. The molecule has 3 saturated heterocycles. The number of epoxide rings is 1. The number of rotatable bonds is 1. The summed E-state index contributed by atoms with van der Waals surface area (Å²) in [4.78, 5) is 12.8. The molecule has 0 bridgehead atoms.